The van der Waals surface area contributed by atoms with Gasteiger partial charge in [0.05, 0.1) is 29.3 Å². The summed E-state index contributed by atoms with van der Waals surface area (Å²) in [5.74, 6) is 0.642. The number of rotatable bonds is 3. The molecular weight excluding hydrogens is 184 g/mol. The van der Waals surface area contributed by atoms with E-state index in [1.165, 1.54) is 5.56 Å². The number of ether oxygens (including phenoxy) is 1. The molecule has 2 nitrogen and oxygen atoms in total. The number of hydrogen-bond acceptors (Lipinski definition) is 2. The molecule has 0 radical (unpaired) electrons. The molecule has 2 atom stereocenters. The van der Waals surface area contributed by atoms with E-state index in [1.807, 2.05) is 31.2 Å². The lowest BCUT2D eigenvalue weighted by atomic mass is 10.2. The zero-order valence-electron chi connectivity index (χ0n) is 7.53. The Kier molecular flexibility index (Phi) is 2.47. The molecule has 1 unspecified atom stereocenters. The number of hydrogen-bond donors (Lipinski definition) is 0. The van der Waals surface area contributed by atoms with Crippen molar-refractivity contribution in [3.63, 3.8) is 0 Å². The van der Waals surface area contributed by atoms with Crippen LogP contribution in [-0.2, 0) is 15.5 Å². The fourth-order valence-corrected chi connectivity index (χ4v) is 2.28. The van der Waals surface area contributed by atoms with Gasteiger partial charge in [0.25, 0.3) is 0 Å². The molecule has 1 aliphatic heterocycles. The number of benzene rings is 1. The van der Waals surface area contributed by atoms with Crippen molar-refractivity contribution in [1.82, 2.24) is 0 Å². The third-order valence-electron chi connectivity index (χ3n) is 2.02. The van der Waals surface area contributed by atoms with Crippen molar-refractivity contribution in [2.24, 2.45) is 0 Å². The molecule has 2 rings (SSSR count). The van der Waals surface area contributed by atoms with Crippen LogP contribution in [-0.4, -0.2) is 22.7 Å². The maximum atomic E-state index is 11.6. The minimum atomic E-state index is -0.884. The topological polar surface area (TPSA) is 29.6 Å². The minimum Gasteiger partial charge on any atom is -0.372 e. The molecule has 1 aliphatic rings. The average Bonchev–Trinajstić information content (AvgIpc) is 2.89. The molecule has 0 bridgehead atoms. The van der Waals surface area contributed by atoms with E-state index in [0.29, 0.717) is 5.75 Å². The van der Waals surface area contributed by atoms with Gasteiger partial charge in [-0.05, 0) is 19.1 Å². The van der Waals surface area contributed by atoms with Crippen molar-refractivity contribution in [3.05, 3.63) is 29.8 Å². The first-order valence-corrected chi connectivity index (χ1v) is 5.64. The Bertz CT molecular complexity index is 314. The minimum absolute atomic E-state index is 0.238. The summed E-state index contributed by atoms with van der Waals surface area (Å²) in [5, 5.41) is 0. The SMILES string of the molecule is Cc1ccc(S(=O)C[C@@H]2CO2)cc1. The lowest BCUT2D eigenvalue weighted by Crippen LogP contribution is -2.03. The van der Waals surface area contributed by atoms with E-state index in [-0.39, 0.29) is 6.10 Å². The summed E-state index contributed by atoms with van der Waals surface area (Å²) in [5.41, 5.74) is 1.20. The molecule has 1 heterocycles. The summed E-state index contributed by atoms with van der Waals surface area (Å²) in [6.45, 7) is 2.80. The summed E-state index contributed by atoms with van der Waals surface area (Å²) in [6, 6.07) is 7.82. The lowest BCUT2D eigenvalue weighted by molar-refractivity contribution is 0.425. The maximum Gasteiger partial charge on any atom is 0.0928 e. The van der Waals surface area contributed by atoms with Crippen LogP contribution in [0.2, 0.25) is 0 Å². The predicted molar refractivity (Wildman–Crippen MR) is 52.2 cm³/mol. The highest BCUT2D eigenvalue weighted by Crippen LogP contribution is 2.15. The van der Waals surface area contributed by atoms with E-state index >= 15 is 0 Å². The fourth-order valence-electron chi connectivity index (χ4n) is 1.12. The van der Waals surface area contributed by atoms with Gasteiger partial charge in [0.2, 0.25) is 0 Å². The van der Waals surface area contributed by atoms with Crippen molar-refractivity contribution < 1.29 is 8.95 Å². The van der Waals surface area contributed by atoms with Gasteiger partial charge in [-0.15, -0.1) is 0 Å². The molecule has 1 aromatic carbocycles. The van der Waals surface area contributed by atoms with Gasteiger partial charge in [-0.3, -0.25) is 4.21 Å². The zero-order chi connectivity index (χ0) is 9.26. The molecule has 1 saturated heterocycles. The molecule has 13 heavy (non-hydrogen) atoms. The van der Waals surface area contributed by atoms with E-state index in [4.69, 9.17) is 4.74 Å². The molecule has 0 N–H and O–H groups in total. The van der Waals surface area contributed by atoms with Crippen LogP contribution in [0, 0.1) is 6.92 Å². The second-order valence-electron chi connectivity index (χ2n) is 3.28. The molecule has 3 heteroatoms. The fraction of sp³-hybridized carbons (Fsp3) is 0.400. The Hall–Kier alpha value is -0.670. The van der Waals surface area contributed by atoms with E-state index < -0.39 is 10.8 Å². The molecule has 1 aromatic rings. The largest absolute Gasteiger partial charge is 0.372 e. The first kappa shape index (κ1) is 8.91. The quantitative estimate of drug-likeness (QED) is 0.686. The molecule has 0 spiro atoms. The van der Waals surface area contributed by atoms with Crippen LogP contribution >= 0.6 is 0 Å². The van der Waals surface area contributed by atoms with Crippen molar-refractivity contribution in [2.45, 2.75) is 17.9 Å². The molecular formula is C10H12O2S. The number of aryl methyl sites for hydroxylation is 1. The monoisotopic (exact) mass is 196 g/mol. The molecule has 0 aliphatic carbocycles. The van der Waals surface area contributed by atoms with E-state index in [9.17, 15) is 4.21 Å². The van der Waals surface area contributed by atoms with Gasteiger partial charge in [0.1, 0.15) is 0 Å². The Morgan fingerprint density at radius 3 is 2.62 bits per heavy atom. The molecule has 0 saturated carbocycles. The van der Waals surface area contributed by atoms with Crippen LogP contribution in [0.1, 0.15) is 5.56 Å². The van der Waals surface area contributed by atoms with Gasteiger partial charge >= 0.3 is 0 Å². The third kappa shape index (κ3) is 2.39. The summed E-state index contributed by atoms with van der Waals surface area (Å²) < 4.78 is 16.7. The highest BCUT2D eigenvalue weighted by molar-refractivity contribution is 7.85. The van der Waals surface area contributed by atoms with Gasteiger partial charge < -0.3 is 4.74 Å². The van der Waals surface area contributed by atoms with Crippen LogP contribution in [0.5, 0.6) is 0 Å². The Morgan fingerprint density at radius 2 is 2.08 bits per heavy atom. The normalized spacial score (nSPS) is 22.7. The van der Waals surface area contributed by atoms with Gasteiger partial charge in [-0.1, -0.05) is 17.7 Å². The zero-order valence-corrected chi connectivity index (χ0v) is 8.34. The highest BCUT2D eigenvalue weighted by atomic mass is 32.2. The van der Waals surface area contributed by atoms with Crippen LogP contribution in [0.25, 0.3) is 0 Å². The number of epoxide rings is 1. The van der Waals surface area contributed by atoms with Crippen molar-refractivity contribution in [1.29, 1.82) is 0 Å². The van der Waals surface area contributed by atoms with Crippen LogP contribution in [0.15, 0.2) is 29.2 Å². The highest BCUT2D eigenvalue weighted by Gasteiger charge is 2.25. The first-order valence-electron chi connectivity index (χ1n) is 4.32. The molecule has 0 aromatic heterocycles. The second-order valence-corrected chi connectivity index (χ2v) is 4.78. The van der Waals surface area contributed by atoms with Crippen LogP contribution in [0.4, 0.5) is 0 Å². The van der Waals surface area contributed by atoms with Crippen LogP contribution in [0.3, 0.4) is 0 Å². The van der Waals surface area contributed by atoms with Crippen molar-refractivity contribution in [3.8, 4) is 0 Å². The lowest BCUT2D eigenvalue weighted by Gasteiger charge is -1.99. The average molecular weight is 196 g/mol. The Balaban J connectivity index is 2.05. The van der Waals surface area contributed by atoms with E-state index in [0.717, 1.165) is 11.5 Å². The van der Waals surface area contributed by atoms with Gasteiger partial charge in [-0.2, -0.15) is 0 Å². The van der Waals surface area contributed by atoms with Gasteiger partial charge in [0.15, 0.2) is 0 Å². The van der Waals surface area contributed by atoms with Crippen molar-refractivity contribution in [2.75, 3.05) is 12.4 Å². The first-order chi connectivity index (χ1) is 6.25. The van der Waals surface area contributed by atoms with E-state index in [2.05, 4.69) is 0 Å². The van der Waals surface area contributed by atoms with Crippen molar-refractivity contribution >= 4 is 10.8 Å². The summed E-state index contributed by atoms with van der Waals surface area (Å²) in [6.07, 6.45) is 0.238. The molecule has 70 valence electrons. The van der Waals surface area contributed by atoms with E-state index in [1.54, 1.807) is 0 Å². The van der Waals surface area contributed by atoms with Crippen LogP contribution < -0.4 is 0 Å². The maximum absolute atomic E-state index is 11.6. The Morgan fingerprint density at radius 1 is 1.46 bits per heavy atom. The smallest absolute Gasteiger partial charge is 0.0928 e. The Labute approximate surface area is 80.4 Å². The van der Waals surface area contributed by atoms with Gasteiger partial charge in [-0.25, -0.2) is 0 Å². The third-order valence-corrected chi connectivity index (χ3v) is 3.50. The predicted octanol–water partition coefficient (Wildman–Crippen LogP) is 1.50. The summed E-state index contributed by atoms with van der Waals surface area (Å²) >= 11 is 0. The standard InChI is InChI=1S/C10H12O2S/c1-8-2-4-10(5-3-8)13(11)7-9-6-12-9/h2-5,9H,6-7H2,1H3/t9-,13?/m0/s1. The molecule has 0 amide bonds. The summed E-state index contributed by atoms with van der Waals surface area (Å²) in [7, 11) is -0.884. The summed E-state index contributed by atoms with van der Waals surface area (Å²) in [4.78, 5) is 0.904. The second kappa shape index (κ2) is 3.60. The molecule has 1 fully saturated rings. The van der Waals surface area contributed by atoms with Gasteiger partial charge in [0, 0.05) is 4.90 Å².